The topological polar surface area (TPSA) is 66.5 Å². The number of benzene rings is 2. The number of carbonyl (C=O) groups excluding carboxylic acids is 3. The number of rotatable bonds is 3. The Kier molecular flexibility index (Phi) is 3.97. The second kappa shape index (κ2) is 6.51. The molecule has 7 rings (SSSR count). The molecule has 150 valence electrons. The van der Waals surface area contributed by atoms with Crippen LogP contribution in [-0.4, -0.2) is 17.7 Å². The van der Waals surface area contributed by atoms with Gasteiger partial charge in [0.2, 0.25) is 11.8 Å². The van der Waals surface area contributed by atoms with Gasteiger partial charge < -0.3 is 5.32 Å². The average molecular weight is 510 g/mol. The van der Waals surface area contributed by atoms with Gasteiger partial charge >= 0.3 is 0 Å². The molecule has 6 atom stereocenters. The lowest BCUT2D eigenvalue weighted by Crippen LogP contribution is -2.40. The molecule has 2 bridgehead atoms. The molecule has 2 aromatic rings. The van der Waals surface area contributed by atoms with E-state index in [1.165, 1.54) is 4.90 Å². The zero-order valence-corrected chi connectivity index (χ0v) is 18.2. The second-order valence-corrected chi connectivity index (χ2v) is 9.92. The summed E-state index contributed by atoms with van der Waals surface area (Å²) in [5, 5.41) is 2.86. The highest BCUT2D eigenvalue weighted by atomic mass is 127. The van der Waals surface area contributed by atoms with Crippen LogP contribution in [0.15, 0.2) is 60.7 Å². The maximum absolute atomic E-state index is 13.2. The third-order valence-corrected chi connectivity index (χ3v) is 7.87. The van der Waals surface area contributed by atoms with Crippen molar-refractivity contribution >= 4 is 51.7 Å². The molecule has 3 amide bonds. The monoisotopic (exact) mass is 510 g/mol. The smallest absolute Gasteiger partial charge is 0.255 e. The van der Waals surface area contributed by atoms with Crippen molar-refractivity contribution in [2.24, 2.45) is 35.5 Å². The first-order chi connectivity index (χ1) is 14.5. The van der Waals surface area contributed by atoms with E-state index in [-0.39, 0.29) is 41.4 Å². The fourth-order valence-electron chi connectivity index (χ4n) is 5.71. The number of hydrogen-bond acceptors (Lipinski definition) is 3. The number of hydrogen-bond donors (Lipinski definition) is 1. The van der Waals surface area contributed by atoms with Crippen molar-refractivity contribution in [3.63, 3.8) is 0 Å². The number of nitrogens with one attached hydrogen (secondary N) is 1. The molecule has 4 aliphatic carbocycles. The van der Waals surface area contributed by atoms with Gasteiger partial charge in [0.1, 0.15) is 0 Å². The highest BCUT2D eigenvalue weighted by Crippen LogP contribution is 2.65. The molecule has 1 aliphatic heterocycles. The van der Waals surface area contributed by atoms with Crippen molar-refractivity contribution in [1.82, 2.24) is 0 Å². The first kappa shape index (κ1) is 18.3. The molecular formula is C24H19IN2O3. The first-order valence-electron chi connectivity index (χ1n) is 10.3. The van der Waals surface area contributed by atoms with Crippen molar-refractivity contribution in [3.8, 4) is 0 Å². The van der Waals surface area contributed by atoms with E-state index in [4.69, 9.17) is 0 Å². The second-order valence-electron chi connectivity index (χ2n) is 8.67. The third kappa shape index (κ3) is 2.62. The predicted molar refractivity (Wildman–Crippen MR) is 121 cm³/mol. The standard InChI is InChI=1S/C24H19IN2O3/c25-13-3-5-14(6-4-13)26-22(28)12-1-7-15(8-2-12)27-23(29)20-16-9-10-17(19-11-18(16)19)21(20)24(27)30/h1-10,16-21H,11H2,(H,26,28)/t16-,17-,18-,19+,20-,21+/m0/s1. The first-order valence-corrected chi connectivity index (χ1v) is 11.3. The molecular weight excluding hydrogens is 491 g/mol. The van der Waals surface area contributed by atoms with Gasteiger partial charge in [-0.15, -0.1) is 0 Å². The Morgan fingerprint density at radius 2 is 1.43 bits per heavy atom. The molecule has 30 heavy (non-hydrogen) atoms. The Hall–Kier alpha value is -2.48. The minimum absolute atomic E-state index is 0.0780. The van der Waals surface area contributed by atoms with E-state index in [1.54, 1.807) is 24.3 Å². The number of allylic oxidation sites excluding steroid dienone is 2. The molecule has 5 aliphatic rings. The van der Waals surface area contributed by atoms with Gasteiger partial charge in [0.15, 0.2) is 0 Å². The highest BCUT2D eigenvalue weighted by Gasteiger charge is 2.67. The summed E-state index contributed by atoms with van der Waals surface area (Å²) in [6, 6.07) is 14.3. The summed E-state index contributed by atoms with van der Waals surface area (Å²) in [5.74, 6) is 0.807. The van der Waals surface area contributed by atoms with E-state index >= 15 is 0 Å². The van der Waals surface area contributed by atoms with E-state index < -0.39 is 0 Å². The predicted octanol–water partition coefficient (Wildman–Crippen LogP) is 4.10. The Bertz CT molecular complexity index is 1070. The minimum Gasteiger partial charge on any atom is -0.322 e. The van der Waals surface area contributed by atoms with Gasteiger partial charge in [0, 0.05) is 14.8 Å². The summed E-state index contributed by atoms with van der Waals surface area (Å²) < 4.78 is 1.09. The number of anilines is 2. The van der Waals surface area contributed by atoms with E-state index in [1.807, 2.05) is 24.3 Å². The van der Waals surface area contributed by atoms with Gasteiger partial charge in [-0.2, -0.15) is 0 Å². The summed E-state index contributed by atoms with van der Waals surface area (Å²) in [6.07, 6.45) is 5.50. The Labute approximate surface area is 187 Å². The number of amides is 3. The average Bonchev–Trinajstić information content (AvgIpc) is 3.53. The van der Waals surface area contributed by atoms with Gasteiger partial charge in [-0.1, -0.05) is 12.2 Å². The SMILES string of the molecule is O=C(Nc1ccc(I)cc1)c1ccc(N2C(=O)[C@@H]3[C@H]4C=C[C@@H]([C@@H]5C[C@H]45)[C@@H]3C2=O)cc1. The fraction of sp³-hybridized carbons (Fsp3) is 0.292. The lowest BCUT2D eigenvalue weighted by atomic mass is 9.63. The minimum atomic E-state index is -0.224. The van der Waals surface area contributed by atoms with Crippen molar-refractivity contribution in [3.05, 3.63) is 69.8 Å². The fourth-order valence-corrected chi connectivity index (χ4v) is 6.07. The van der Waals surface area contributed by atoms with Gasteiger partial charge in [-0.05, 0) is 101 Å². The summed E-state index contributed by atoms with van der Waals surface area (Å²) in [6.45, 7) is 0. The lowest BCUT2D eigenvalue weighted by Gasteiger charge is -2.37. The van der Waals surface area contributed by atoms with Gasteiger partial charge in [-0.25, -0.2) is 0 Å². The lowest BCUT2D eigenvalue weighted by molar-refractivity contribution is -0.124. The zero-order valence-electron chi connectivity index (χ0n) is 16.0. The normalized spacial score (nSPS) is 32.8. The Morgan fingerprint density at radius 1 is 0.867 bits per heavy atom. The van der Waals surface area contributed by atoms with E-state index in [9.17, 15) is 14.4 Å². The number of halogens is 1. The van der Waals surface area contributed by atoms with E-state index in [0.717, 1.165) is 15.7 Å². The molecule has 0 spiro atoms. The molecule has 2 aromatic carbocycles. The molecule has 0 unspecified atom stereocenters. The summed E-state index contributed by atoms with van der Waals surface area (Å²) in [4.78, 5) is 40.3. The maximum Gasteiger partial charge on any atom is 0.255 e. The number of carbonyl (C=O) groups is 3. The molecule has 0 radical (unpaired) electrons. The summed E-state index contributed by atoms with van der Waals surface area (Å²) in [7, 11) is 0. The Balaban J connectivity index is 1.23. The van der Waals surface area contributed by atoms with Crippen LogP contribution < -0.4 is 10.2 Å². The van der Waals surface area contributed by atoms with Crippen LogP contribution in [0.2, 0.25) is 0 Å². The van der Waals surface area contributed by atoms with Gasteiger partial charge in [0.25, 0.3) is 5.91 Å². The molecule has 1 N–H and O–H groups in total. The third-order valence-electron chi connectivity index (χ3n) is 7.15. The van der Waals surface area contributed by atoms with Crippen LogP contribution in [0.5, 0.6) is 0 Å². The molecule has 1 heterocycles. The highest BCUT2D eigenvalue weighted by molar-refractivity contribution is 14.1. The van der Waals surface area contributed by atoms with Crippen LogP contribution in [0.4, 0.5) is 11.4 Å². The van der Waals surface area contributed by atoms with Crippen LogP contribution in [0.3, 0.4) is 0 Å². The zero-order chi connectivity index (χ0) is 20.6. The van der Waals surface area contributed by atoms with E-state index in [2.05, 4.69) is 40.1 Å². The molecule has 1 saturated heterocycles. The van der Waals surface area contributed by atoms with Crippen molar-refractivity contribution in [1.29, 1.82) is 0 Å². The molecule has 5 nitrogen and oxygen atoms in total. The van der Waals surface area contributed by atoms with Crippen LogP contribution in [-0.2, 0) is 9.59 Å². The largest absolute Gasteiger partial charge is 0.322 e. The Morgan fingerprint density at radius 3 is 2.00 bits per heavy atom. The summed E-state index contributed by atoms with van der Waals surface area (Å²) >= 11 is 2.21. The number of imide groups is 1. The van der Waals surface area contributed by atoms with Crippen LogP contribution >= 0.6 is 22.6 Å². The van der Waals surface area contributed by atoms with Gasteiger partial charge in [-0.3, -0.25) is 19.3 Å². The van der Waals surface area contributed by atoms with Crippen LogP contribution in [0, 0.1) is 39.1 Å². The van der Waals surface area contributed by atoms with E-state index in [0.29, 0.717) is 23.1 Å². The molecule has 0 aromatic heterocycles. The number of nitrogens with zero attached hydrogens (tertiary/aromatic N) is 1. The van der Waals surface area contributed by atoms with Crippen LogP contribution in [0.25, 0.3) is 0 Å². The van der Waals surface area contributed by atoms with Gasteiger partial charge in [0.05, 0.1) is 17.5 Å². The molecule has 3 fully saturated rings. The van der Waals surface area contributed by atoms with Crippen molar-refractivity contribution in [2.45, 2.75) is 6.42 Å². The maximum atomic E-state index is 13.2. The van der Waals surface area contributed by atoms with Crippen molar-refractivity contribution in [2.75, 3.05) is 10.2 Å². The van der Waals surface area contributed by atoms with Crippen molar-refractivity contribution < 1.29 is 14.4 Å². The van der Waals surface area contributed by atoms with Crippen LogP contribution in [0.1, 0.15) is 16.8 Å². The molecule has 2 saturated carbocycles. The molecule has 6 heteroatoms. The quantitative estimate of drug-likeness (QED) is 0.384. The summed E-state index contributed by atoms with van der Waals surface area (Å²) in [5.41, 5.74) is 1.76.